The number of carbonyl (C=O) groups is 1. The molecule has 0 heterocycles. The van der Waals surface area contributed by atoms with Crippen molar-refractivity contribution < 1.29 is 9.53 Å². The Balaban J connectivity index is 2.23. The highest BCUT2D eigenvalue weighted by Crippen LogP contribution is 2.24. The van der Waals surface area contributed by atoms with E-state index < -0.39 is 6.04 Å². The van der Waals surface area contributed by atoms with Gasteiger partial charge in [0, 0.05) is 0 Å². The third kappa shape index (κ3) is 3.45. The summed E-state index contributed by atoms with van der Waals surface area (Å²) in [5.74, 6) is -0.352. The third-order valence-corrected chi connectivity index (χ3v) is 3.13. The van der Waals surface area contributed by atoms with E-state index in [1.54, 1.807) is 6.92 Å². The van der Waals surface area contributed by atoms with E-state index in [0.717, 1.165) is 16.7 Å². The Hall–Kier alpha value is -2.13. The molecule has 0 spiro atoms. The van der Waals surface area contributed by atoms with Crippen molar-refractivity contribution in [1.82, 2.24) is 0 Å². The third-order valence-electron chi connectivity index (χ3n) is 3.13. The molecule has 2 N–H and O–H groups in total. The van der Waals surface area contributed by atoms with Crippen LogP contribution in [0.15, 0.2) is 54.6 Å². The van der Waals surface area contributed by atoms with Gasteiger partial charge in [-0.25, -0.2) is 0 Å². The molecule has 0 amide bonds. The topological polar surface area (TPSA) is 52.3 Å². The van der Waals surface area contributed by atoms with Gasteiger partial charge in [-0.05, 0) is 30.0 Å². The maximum absolute atomic E-state index is 11.6. The molecule has 0 fully saturated rings. The first kappa shape index (κ1) is 14.3. The lowest BCUT2D eigenvalue weighted by Crippen LogP contribution is -2.34. The van der Waals surface area contributed by atoms with Crippen molar-refractivity contribution in [2.45, 2.75) is 19.4 Å². The Bertz CT molecular complexity index is 566. The SMILES string of the molecule is CCOC(=O)C(N)Cc1ccccc1-c1ccccc1. The molecule has 0 aliphatic carbocycles. The summed E-state index contributed by atoms with van der Waals surface area (Å²) < 4.78 is 4.96. The van der Waals surface area contributed by atoms with E-state index in [9.17, 15) is 4.79 Å². The van der Waals surface area contributed by atoms with E-state index in [-0.39, 0.29) is 5.97 Å². The van der Waals surface area contributed by atoms with E-state index in [2.05, 4.69) is 12.1 Å². The quantitative estimate of drug-likeness (QED) is 0.849. The Kier molecular flexibility index (Phi) is 4.91. The summed E-state index contributed by atoms with van der Waals surface area (Å²) in [6, 6.07) is 17.4. The molecule has 3 nitrogen and oxygen atoms in total. The van der Waals surface area contributed by atoms with Crippen molar-refractivity contribution in [3.8, 4) is 11.1 Å². The number of rotatable bonds is 5. The van der Waals surface area contributed by atoms with Crippen molar-refractivity contribution in [1.29, 1.82) is 0 Å². The molecule has 2 rings (SSSR count). The van der Waals surface area contributed by atoms with Gasteiger partial charge in [-0.3, -0.25) is 4.79 Å². The molecule has 2 aromatic rings. The summed E-state index contributed by atoms with van der Waals surface area (Å²) in [4.78, 5) is 11.6. The van der Waals surface area contributed by atoms with E-state index in [1.807, 2.05) is 42.5 Å². The highest BCUT2D eigenvalue weighted by molar-refractivity contribution is 5.77. The van der Waals surface area contributed by atoms with Gasteiger partial charge in [0.1, 0.15) is 6.04 Å². The predicted molar refractivity (Wildman–Crippen MR) is 80.2 cm³/mol. The lowest BCUT2D eigenvalue weighted by Gasteiger charge is -2.14. The second-order valence-electron chi connectivity index (χ2n) is 4.59. The highest BCUT2D eigenvalue weighted by Gasteiger charge is 2.17. The molecule has 1 unspecified atom stereocenters. The summed E-state index contributed by atoms with van der Waals surface area (Å²) in [6.07, 6.45) is 0.476. The van der Waals surface area contributed by atoms with Crippen LogP contribution >= 0.6 is 0 Å². The molecule has 0 bridgehead atoms. The molecule has 0 aromatic heterocycles. The van der Waals surface area contributed by atoms with Gasteiger partial charge in [0.15, 0.2) is 0 Å². The summed E-state index contributed by atoms with van der Waals surface area (Å²) in [6.45, 7) is 2.13. The second kappa shape index (κ2) is 6.87. The van der Waals surface area contributed by atoms with Crippen molar-refractivity contribution >= 4 is 5.97 Å². The Morgan fingerprint density at radius 1 is 1.10 bits per heavy atom. The van der Waals surface area contributed by atoms with Crippen molar-refractivity contribution in [3.05, 3.63) is 60.2 Å². The van der Waals surface area contributed by atoms with E-state index >= 15 is 0 Å². The Morgan fingerprint density at radius 2 is 1.75 bits per heavy atom. The van der Waals surface area contributed by atoms with Crippen LogP contribution in [0.3, 0.4) is 0 Å². The van der Waals surface area contributed by atoms with E-state index in [4.69, 9.17) is 10.5 Å². The van der Waals surface area contributed by atoms with Gasteiger partial charge in [-0.2, -0.15) is 0 Å². The number of ether oxygens (including phenoxy) is 1. The molecule has 104 valence electrons. The summed E-state index contributed by atoms with van der Waals surface area (Å²) in [5, 5.41) is 0. The van der Waals surface area contributed by atoms with Crippen LogP contribution in [0.2, 0.25) is 0 Å². The zero-order valence-corrected chi connectivity index (χ0v) is 11.6. The van der Waals surface area contributed by atoms with Gasteiger partial charge in [0.05, 0.1) is 6.61 Å². The minimum atomic E-state index is -0.625. The van der Waals surface area contributed by atoms with Crippen molar-refractivity contribution in [2.24, 2.45) is 5.73 Å². The van der Waals surface area contributed by atoms with Gasteiger partial charge < -0.3 is 10.5 Å². The van der Waals surface area contributed by atoms with Crippen LogP contribution in [-0.2, 0) is 16.0 Å². The standard InChI is InChI=1S/C17H19NO2/c1-2-20-17(19)16(18)12-14-10-6-7-11-15(14)13-8-4-3-5-9-13/h3-11,16H,2,12,18H2,1H3. The smallest absolute Gasteiger partial charge is 0.323 e. The molecule has 0 saturated heterocycles. The number of esters is 1. The lowest BCUT2D eigenvalue weighted by atomic mass is 9.95. The average Bonchev–Trinajstić information content (AvgIpc) is 2.49. The van der Waals surface area contributed by atoms with Crippen LogP contribution in [0.4, 0.5) is 0 Å². The van der Waals surface area contributed by atoms with Crippen molar-refractivity contribution in [2.75, 3.05) is 6.61 Å². The average molecular weight is 269 g/mol. The summed E-state index contributed by atoms with van der Waals surface area (Å²) in [5.41, 5.74) is 9.19. The molecular weight excluding hydrogens is 250 g/mol. The molecule has 3 heteroatoms. The number of carbonyl (C=O) groups excluding carboxylic acids is 1. The van der Waals surface area contributed by atoms with Gasteiger partial charge in [-0.1, -0.05) is 54.6 Å². The first-order valence-electron chi connectivity index (χ1n) is 6.78. The van der Waals surface area contributed by atoms with Crippen LogP contribution in [0.5, 0.6) is 0 Å². The number of hydrogen-bond donors (Lipinski definition) is 1. The van der Waals surface area contributed by atoms with Crippen LogP contribution in [0, 0.1) is 0 Å². The fourth-order valence-corrected chi connectivity index (χ4v) is 2.17. The minimum absolute atomic E-state index is 0.352. The molecule has 0 aliphatic rings. The maximum Gasteiger partial charge on any atom is 0.323 e. The van der Waals surface area contributed by atoms with Crippen LogP contribution in [0.1, 0.15) is 12.5 Å². The number of hydrogen-bond acceptors (Lipinski definition) is 3. The molecule has 0 radical (unpaired) electrons. The number of nitrogens with two attached hydrogens (primary N) is 1. The Morgan fingerprint density at radius 3 is 2.45 bits per heavy atom. The van der Waals surface area contributed by atoms with Crippen LogP contribution in [-0.4, -0.2) is 18.6 Å². The fraction of sp³-hybridized carbons (Fsp3) is 0.235. The normalized spacial score (nSPS) is 11.9. The lowest BCUT2D eigenvalue weighted by molar-refractivity contribution is -0.144. The first-order valence-corrected chi connectivity index (χ1v) is 6.78. The number of benzene rings is 2. The van der Waals surface area contributed by atoms with Crippen molar-refractivity contribution in [3.63, 3.8) is 0 Å². The zero-order chi connectivity index (χ0) is 14.4. The largest absolute Gasteiger partial charge is 0.465 e. The summed E-state index contributed by atoms with van der Waals surface area (Å²) in [7, 11) is 0. The van der Waals surface area contributed by atoms with Gasteiger partial charge >= 0.3 is 5.97 Å². The predicted octanol–water partition coefficient (Wildman–Crippen LogP) is 2.79. The van der Waals surface area contributed by atoms with Crippen LogP contribution in [0.25, 0.3) is 11.1 Å². The summed E-state index contributed by atoms with van der Waals surface area (Å²) >= 11 is 0. The highest BCUT2D eigenvalue weighted by atomic mass is 16.5. The molecular formula is C17H19NO2. The maximum atomic E-state index is 11.6. The molecule has 20 heavy (non-hydrogen) atoms. The van der Waals surface area contributed by atoms with Gasteiger partial charge in [0.2, 0.25) is 0 Å². The van der Waals surface area contributed by atoms with Crippen LogP contribution < -0.4 is 5.73 Å². The van der Waals surface area contributed by atoms with E-state index in [0.29, 0.717) is 13.0 Å². The van der Waals surface area contributed by atoms with Gasteiger partial charge in [-0.15, -0.1) is 0 Å². The zero-order valence-electron chi connectivity index (χ0n) is 11.6. The molecule has 2 aromatic carbocycles. The monoisotopic (exact) mass is 269 g/mol. The molecule has 0 aliphatic heterocycles. The second-order valence-corrected chi connectivity index (χ2v) is 4.59. The Labute approximate surface area is 119 Å². The fourth-order valence-electron chi connectivity index (χ4n) is 2.17. The molecule has 1 atom stereocenters. The van der Waals surface area contributed by atoms with Gasteiger partial charge in [0.25, 0.3) is 0 Å². The first-order chi connectivity index (χ1) is 9.72. The minimum Gasteiger partial charge on any atom is -0.465 e. The molecule has 0 saturated carbocycles. The van der Waals surface area contributed by atoms with E-state index in [1.165, 1.54) is 0 Å².